The zero-order chi connectivity index (χ0) is 19.5. The monoisotopic (exact) mass is 372 g/mol. The van der Waals surface area contributed by atoms with E-state index in [1.807, 2.05) is 0 Å². The molecule has 0 fully saturated rings. The Morgan fingerprint density at radius 1 is 1.31 bits per heavy atom. The normalized spacial score (nSPS) is 22.8. The van der Waals surface area contributed by atoms with Crippen LogP contribution >= 0.6 is 0 Å². The highest BCUT2D eigenvalue weighted by atomic mass is 19.4. The zero-order valence-electron chi connectivity index (χ0n) is 13.2. The van der Waals surface area contributed by atoms with Crippen LogP contribution in [0, 0.1) is 11.3 Å². The van der Waals surface area contributed by atoms with Crippen molar-refractivity contribution in [3.05, 3.63) is 59.7 Å². The lowest BCUT2D eigenvalue weighted by Crippen LogP contribution is -2.35. The van der Waals surface area contributed by atoms with Gasteiger partial charge in [-0.05, 0) is 11.6 Å². The lowest BCUT2D eigenvalue weighted by molar-refractivity contribution is -0.125. The van der Waals surface area contributed by atoms with Crippen LogP contribution in [0.15, 0.2) is 54.1 Å². The maximum Gasteiger partial charge on any atom is 0.412 e. The van der Waals surface area contributed by atoms with Crippen molar-refractivity contribution in [2.24, 2.45) is 0 Å². The maximum absolute atomic E-state index is 14.0. The number of hydrogen-bond donors (Lipinski definition) is 1. The predicted octanol–water partition coefficient (Wildman–Crippen LogP) is 4.05. The Balaban J connectivity index is 2.44. The van der Waals surface area contributed by atoms with Gasteiger partial charge in [-0.25, -0.2) is 8.78 Å². The SMILES string of the molecule is C=C1CC(F)(F)[C@@H](O)C/C(C(F)(F)F)=C\C=C1Oc1cncc(C#N)c1. The van der Waals surface area contributed by atoms with E-state index in [2.05, 4.69) is 11.6 Å². The molecule has 1 aliphatic rings. The second-order valence-electron chi connectivity index (χ2n) is 5.61. The van der Waals surface area contributed by atoms with Crippen molar-refractivity contribution in [1.82, 2.24) is 4.98 Å². The van der Waals surface area contributed by atoms with Gasteiger partial charge in [0.1, 0.15) is 23.7 Å². The highest BCUT2D eigenvalue weighted by molar-refractivity contribution is 5.38. The van der Waals surface area contributed by atoms with Crippen molar-refractivity contribution in [3.63, 3.8) is 0 Å². The Hall–Kier alpha value is -2.73. The molecule has 0 spiro atoms. The molecule has 0 radical (unpaired) electrons. The van der Waals surface area contributed by atoms with Crippen molar-refractivity contribution in [1.29, 1.82) is 5.26 Å². The molecule has 0 saturated carbocycles. The van der Waals surface area contributed by atoms with Gasteiger partial charge in [-0.2, -0.15) is 18.4 Å². The Morgan fingerprint density at radius 2 is 2.00 bits per heavy atom. The van der Waals surface area contributed by atoms with Gasteiger partial charge in [-0.15, -0.1) is 0 Å². The molecule has 138 valence electrons. The van der Waals surface area contributed by atoms with Crippen LogP contribution in [0.1, 0.15) is 18.4 Å². The van der Waals surface area contributed by atoms with E-state index in [0.29, 0.717) is 6.08 Å². The molecular weight excluding hydrogens is 359 g/mol. The molecule has 1 heterocycles. The van der Waals surface area contributed by atoms with Gasteiger partial charge in [0.05, 0.1) is 11.8 Å². The van der Waals surface area contributed by atoms with E-state index in [-0.39, 0.29) is 22.6 Å². The highest BCUT2D eigenvalue weighted by Crippen LogP contribution is 2.38. The predicted molar refractivity (Wildman–Crippen MR) is 81.1 cm³/mol. The van der Waals surface area contributed by atoms with Crippen LogP contribution in [0.2, 0.25) is 0 Å². The van der Waals surface area contributed by atoms with Gasteiger partial charge in [0, 0.05) is 30.7 Å². The quantitative estimate of drug-likeness (QED) is 0.796. The van der Waals surface area contributed by atoms with E-state index < -0.39 is 36.6 Å². The number of aliphatic hydroxyl groups is 1. The smallest absolute Gasteiger partial charge is 0.412 e. The molecule has 1 atom stereocenters. The first kappa shape index (κ1) is 19.6. The van der Waals surface area contributed by atoms with Crippen LogP contribution in [-0.4, -0.2) is 28.3 Å². The molecule has 0 aliphatic heterocycles. The molecule has 2 rings (SSSR count). The first-order valence-corrected chi connectivity index (χ1v) is 7.28. The van der Waals surface area contributed by atoms with Crippen molar-refractivity contribution in [2.75, 3.05) is 0 Å². The summed E-state index contributed by atoms with van der Waals surface area (Å²) in [5, 5.41) is 18.3. The summed E-state index contributed by atoms with van der Waals surface area (Å²) < 4.78 is 72.3. The fourth-order valence-corrected chi connectivity index (χ4v) is 2.19. The molecule has 0 aromatic carbocycles. The van der Waals surface area contributed by atoms with E-state index in [0.717, 1.165) is 6.08 Å². The summed E-state index contributed by atoms with van der Waals surface area (Å²) in [4.78, 5) is 3.71. The molecule has 26 heavy (non-hydrogen) atoms. The molecule has 0 saturated heterocycles. The van der Waals surface area contributed by atoms with Crippen LogP contribution in [-0.2, 0) is 0 Å². The minimum Gasteiger partial charge on any atom is -0.455 e. The third kappa shape index (κ3) is 4.67. The van der Waals surface area contributed by atoms with Gasteiger partial charge in [0.2, 0.25) is 0 Å². The first-order valence-electron chi connectivity index (χ1n) is 7.28. The van der Waals surface area contributed by atoms with Crippen LogP contribution in [0.3, 0.4) is 0 Å². The van der Waals surface area contributed by atoms with E-state index >= 15 is 0 Å². The maximum atomic E-state index is 14.0. The number of pyridine rings is 1. The van der Waals surface area contributed by atoms with Gasteiger partial charge < -0.3 is 9.84 Å². The molecular formula is C17H13F5N2O2. The number of alkyl halides is 5. The Morgan fingerprint density at radius 3 is 2.62 bits per heavy atom. The van der Waals surface area contributed by atoms with Crippen molar-refractivity contribution < 1.29 is 31.8 Å². The van der Waals surface area contributed by atoms with E-state index in [9.17, 15) is 27.1 Å². The molecule has 1 aliphatic carbocycles. The summed E-state index contributed by atoms with van der Waals surface area (Å²) in [6.45, 7) is 3.41. The number of hydrogen-bond acceptors (Lipinski definition) is 4. The molecule has 9 heteroatoms. The minimum atomic E-state index is -4.90. The number of aromatic nitrogens is 1. The van der Waals surface area contributed by atoms with Gasteiger partial charge in [0.15, 0.2) is 0 Å². The molecule has 4 nitrogen and oxygen atoms in total. The summed E-state index contributed by atoms with van der Waals surface area (Å²) in [5.74, 6) is -4.21. The van der Waals surface area contributed by atoms with Crippen LogP contribution in [0.4, 0.5) is 22.0 Å². The Bertz CT molecular complexity index is 806. The fraction of sp³-hybridized carbons (Fsp3) is 0.294. The van der Waals surface area contributed by atoms with Crippen molar-refractivity contribution in [3.8, 4) is 11.8 Å². The summed E-state index contributed by atoms with van der Waals surface area (Å²) >= 11 is 0. The lowest BCUT2D eigenvalue weighted by Gasteiger charge is -2.24. The second-order valence-corrected chi connectivity index (χ2v) is 5.61. The number of halogens is 5. The Kier molecular flexibility index (Phi) is 5.47. The van der Waals surface area contributed by atoms with Crippen molar-refractivity contribution in [2.45, 2.75) is 31.0 Å². The number of ether oxygens (including phenoxy) is 1. The number of allylic oxidation sites excluding steroid dienone is 3. The number of aliphatic hydroxyl groups excluding tert-OH is 1. The zero-order valence-corrected chi connectivity index (χ0v) is 13.2. The van der Waals surface area contributed by atoms with Crippen LogP contribution in [0.25, 0.3) is 0 Å². The van der Waals surface area contributed by atoms with Crippen LogP contribution in [0.5, 0.6) is 5.75 Å². The van der Waals surface area contributed by atoms with E-state index in [4.69, 9.17) is 10.00 Å². The number of nitrogens with zero attached hydrogens (tertiary/aromatic N) is 2. The average molecular weight is 372 g/mol. The van der Waals surface area contributed by atoms with Crippen molar-refractivity contribution >= 4 is 0 Å². The average Bonchev–Trinajstić information content (AvgIpc) is 2.58. The summed E-state index contributed by atoms with van der Waals surface area (Å²) in [7, 11) is 0. The number of nitriles is 1. The first-order chi connectivity index (χ1) is 12.0. The molecule has 0 bridgehead atoms. The third-order valence-electron chi connectivity index (χ3n) is 3.57. The summed E-state index contributed by atoms with van der Waals surface area (Å²) in [6, 6.07) is 3.04. The number of rotatable bonds is 2. The Labute approximate surface area is 145 Å². The molecule has 1 N–H and O–H groups in total. The molecule has 0 unspecified atom stereocenters. The highest BCUT2D eigenvalue weighted by Gasteiger charge is 2.44. The van der Waals surface area contributed by atoms with Gasteiger partial charge in [-0.3, -0.25) is 4.98 Å². The fourth-order valence-electron chi connectivity index (χ4n) is 2.19. The van der Waals surface area contributed by atoms with Crippen LogP contribution < -0.4 is 4.74 Å². The van der Waals surface area contributed by atoms with Gasteiger partial charge in [-0.1, -0.05) is 12.7 Å². The standard InChI is InChI=1S/C17H13F5N2O2/c1-10-6-16(18,19)15(25)5-12(17(20,21)22)2-3-14(10)26-13-4-11(7-23)8-24-9-13/h2-4,8-9,15,25H,1,5-6H2/b12-2+,14-3?/t15-/m0/s1. The largest absolute Gasteiger partial charge is 0.455 e. The minimum absolute atomic E-state index is 0.0264. The second kappa shape index (κ2) is 7.25. The molecule has 1 aromatic heterocycles. The topological polar surface area (TPSA) is 66.1 Å². The van der Waals surface area contributed by atoms with E-state index in [1.165, 1.54) is 18.5 Å². The van der Waals surface area contributed by atoms with Gasteiger partial charge in [0.25, 0.3) is 5.92 Å². The summed E-state index contributed by atoms with van der Waals surface area (Å²) in [5.41, 5.74) is -1.52. The lowest BCUT2D eigenvalue weighted by atomic mass is 9.99. The molecule has 0 amide bonds. The van der Waals surface area contributed by atoms with E-state index in [1.54, 1.807) is 6.07 Å². The molecule has 1 aromatic rings. The summed E-state index contributed by atoms with van der Waals surface area (Å²) in [6.07, 6.45) is -5.96. The van der Waals surface area contributed by atoms with Gasteiger partial charge >= 0.3 is 6.18 Å². The third-order valence-corrected chi connectivity index (χ3v) is 3.57.